The Morgan fingerprint density at radius 1 is 1.50 bits per heavy atom. The molecule has 1 aliphatic heterocycles. The van der Waals surface area contributed by atoms with Crippen LogP contribution in [0.2, 0.25) is 0 Å². The fourth-order valence-electron chi connectivity index (χ4n) is 1.88. The van der Waals surface area contributed by atoms with Gasteiger partial charge in [0.1, 0.15) is 0 Å². The molecule has 0 amide bonds. The zero-order chi connectivity index (χ0) is 8.97. The Kier molecular flexibility index (Phi) is 3.98. The molecule has 1 fully saturated rings. The highest BCUT2D eigenvalue weighted by Gasteiger charge is 2.27. The SMILES string of the molecule is CC1CN(CCCN)CC1CO. The minimum Gasteiger partial charge on any atom is -0.396 e. The first-order valence-corrected chi connectivity index (χ1v) is 4.81. The molecule has 3 heteroatoms. The van der Waals surface area contributed by atoms with Gasteiger partial charge in [-0.25, -0.2) is 0 Å². The van der Waals surface area contributed by atoms with Crippen molar-refractivity contribution in [3.05, 3.63) is 0 Å². The van der Waals surface area contributed by atoms with Crippen molar-refractivity contribution in [2.75, 3.05) is 32.8 Å². The van der Waals surface area contributed by atoms with E-state index in [1.807, 2.05) is 0 Å². The van der Waals surface area contributed by atoms with Crippen LogP contribution < -0.4 is 5.73 Å². The van der Waals surface area contributed by atoms with Gasteiger partial charge in [0.05, 0.1) is 0 Å². The normalized spacial score (nSPS) is 31.2. The van der Waals surface area contributed by atoms with Crippen molar-refractivity contribution in [1.82, 2.24) is 4.90 Å². The van der Waals surface area contributed by atoms with Gasteiger partial charge in [-0.1, -0.05) is 6.92 Å². The highest BCUT2D eigenvalue weighted by Crippen LogP contribution is 2.21. The number of hydrogen-bond acceptors (Lipinski definition) is 3. The summed E-state index contributed by atoms with van der Waals surface area (Å²) in [5, 5.41) is 9.03. The van der Waals surface area contributed by atoms with Crippen molar-refractivity contribution in [3.63, 3.8) is 0 Å². The fraction of sp³-hybridized carbons (Fsp3) is 1.00. The van der Waals surface area contributed by atoms with Crippen molar-refractivity contribution in [3.8, 4) is 0 Å². The van der Waals surface area contributed by atoms with Crippen molar-refractivity contribution >= 4 is 0 Å². The molecule has 0 saturated carbocycles. The molecule has 0 radical (unpaired) electrons. The van der Waals surface area contributed by atoms with Crippen LogP contribution in [0.3, 0.4) is 0 Å². The zero-order valence-corrected chi connectivity index (χ0v) is 7.87. The van der Waals surface area contributed by atoms with Gasteiger partial charge in [-0.15, -0.1) is 0 Å². The predicted octanol–water partition coefficient (Wildman–Crippen LogP) is -0.105. The molecular weight excluding hydrogens is 152 g/mol. The van der Waals surface area contributed by atoms with Crippen LogP contribution in [-0.2, 0) is 0 Å². The Labute approximate surface area is 74.5 Å². The van der Waals surface area contributed by atoms with E-state index in [2.05, 4.69) is 11.8 Å². The minimum atomic E-state index is 0.334. The number of nitrogens with two attached hydrogens (primary N) is 1. The molecule has 1 rings (SSSR count). The van der Waals surface area contributed by atoms with Gasteiger partial charge in [0.15, 0.2) is 0 Å². The number of aliphatic hydroxyl groups is 1. The second-order valence-corrected chi connectivity index (χ2v) is 3.82. The Balaban J connectivity index is 2.23. The van der Waals surface area contributed by atoms with Crippen LogP contribution in [-0.4, -0.2) is 42.8 Å². The van der Waals surface area contributed by atoms with Crippen molar-refractivity contribution in [2.45, 2.75) is 13.3 Å². The van der Waals surface area contributed by atoms with Gasteiger partial charge in [-0.2, -0.15) is 0 Å². The third-order valence-corrected chi connectivity index (χ3v) is 2.76. The quantitative estimate of drug-likeness (QED) is 0.622. The molecule has 2 unspecified atom stereocenters. The van der Waals surface area contributed by atoms with Crippen molar-refractivity contribution in [1.29, 1.82) is 0 Å². The van der Waals surface area contributed by atoms with Gasteiger partial charge < -0.3 is 15.7 Å². The third-order valence-electron chi connectivity index (χ3n) is 2.76. The molecule has 1 heterocycles. The Morgan fingerprint density at radius 3 is 2.75 bits per heavy atom. The average molecular weight is 172 g/mol. The van der Waals surface area contributed by atoms with Crippen LogP contribution in [0, 0.1) is 11.8 Å². The number of hydrogen-bond donors (Lipinski definition) is 2. The lowest BCUT2D eigenvalue weighted by Gasteiger charge is -2.13. The zero-order valence-electron chi connectivity index (χ0n) is 7.87. The van der Waals surface area contributed by atoms with Crippen molar-refractivity contribution in [2.24, 2.45) is 17.6 Å². The van der Waals surface area contributed by atoms with Crippen LogP contribution in [0.25, 0.3) is 0 Å². The Bertz CT molecular complexity index is 130. The van der Waals surface area contributed by atoms with E-state index in [-0.39, 0.29) is 0 Å². The largest absolute Gasteiger partial charge is 0.396 e. The van der Waals surface area contributed by atoms with Gasteiger partial charge in [0.25, 0.3) is 0 Å². The second kappa shape index (κ2) is 4.80. The summed E-state index contributed by atoms with van der Waals surface area (Å²) in [6.07, 6.45) is 1.07. The third kappa shape index (κ3) is 2.44. The highest BCUT2D eigenvalue weighted by atomic mass is 16.3. The van der Waals surface area contributed by atoms with Crippen molar-refractivity contribution < 1.29 is 5.11 Å². The molecule has 1 aliphatic rings. The lowest BCUT2D eigenvalue weighted by molar-refractivity contribution is 0.205. The molecule has 1 saturated heterocycles. The van der Waals surface area contributed by atoms with E-state index in [9.17, 15) is 0 Å². The summed E-state index contributed by atoms with van der Waals surface area (Å²) in [6, 6.07) is 0. The van der Waals surface area contributed by atoms with E-state index in [1.165, 1.54) is 0 Å². The van der Waals surface area contributed by atoms with Gasteiger partial charge in [0, 0.05) is 19.7 Å². The number of nitrogens with zero attached hydrogens (tertiary/aromatic N) is 1. The van der Waals surface area contributed by atoms with Crippen LogP contribution in [0.5, 0.6) is 0 Å². The molecule has 3 N–H and O–H groups in total. The first kappa shape index (κ1) is 9.96. The topological polar surface area (TPSA) is 49.5 Å². The summed E-state index contributed by atoms with van der Waals surface area (Å²) in [4.78, 5) is 2.40. The Morgan fingerprint density at radius 2 is 2.25 bits per heavy atom. The lowest BCUT2D eigenvalue weighted by atomic mass is 10.00. The summed E-state index contributed by atoms with van der Waals surface area (Å²) >= 11 is 0. The summed E-state index contributed by atoms with van der Waals surface area (Å²) in [6.45, 7) is 6.60. The maximum absolute atomic E-state index is 9.03. The van der Waals surface area contributed by atoms with E-state index in [1.54, 1.807) is 0 Å². The molecule has 0 aliphatic carbocycles. The van der Waals surface area contributed by atoms with Gasteiger partial charge in [0.2, 0.25) is 0 Å². The molecule has 3 nitrogen and oxygen atoms in total. The van der Waals surface area contributed by atoms with Crippen LogP contribution in [0.15, 0.2) is 0 Å². The smallest absolute Gasteiger partial charge is 0.0474 e. The average Bonchev–Trinajstić information content (AvgIpc) is 2.43. The summed E-state index contributed by atoms with van der Waals surface area (Å²) in [5.41, 5.74) is 5.43. The fourth-order valence-corrected chi connectivity index (χ4v) is 1.88. The summed E-state index contributed by atoms with van der Waals surface area (Å²) in [7, 11) is 0. The maximum Gasteiger partial charge on any atom is 0.0474 e. The molecule has 0 aromatic rings. The maximum atomic E-state index is 9.03. The number of aliphatic hydroxyl groups excluding tert-OH is 1. The summed E-state index contributed by atoms with van der Waals surface area (Å²) < 4.78 is 0. The molecule has 0 bridgehead atoms. The van der Waals surface area contributed by atoms with E-state index < -0.39 is 0 Å². The highest BCUT2D eigenvalue weighted by molar-refractivity contribution is 4.80. The monoisotopic (exact) mass is 172 g/mol. The van der Waals surface area contributed by atoms with E-state index in [0.717, 1.165) is 32.6 Å². The van der Waals surface area contributed by atoms with Gasteiger partial charge >= 0.3 is 0 Å². The van der Waals surface area contributed by atoms with E-state index in [4.69, 9.17) is 10.8 Å². The minimum absolute atomic E-state index is 0.334. The first-order valence-electron chi connectivity index (χ1n) is 4.81. The van der Waals surface area contributed by atoms with Gasteiger partial charge in [-0.3, -0.25) is 0 Å². The van der Waals surface area contributed by atoms with E-state index in [0.29, 0.717) is 18.4 Å². The van der Waals surface area contributed by atoms with Crippen LogP contribution >= 0.6 is 0 Å². The number of likely N-dealkylation sites (tertiary alicyclic amines) is 1. The molecule has 2 atom stereocenters. The molecule has 0 aromatic heterocycles. The molecule has 0 aromatic carbocycles. The molecule has 12 heavy (non-hydrogen) atoms. The van der Waals surface area contributed by atoms with Crippen LogP contribution in [0.1, 0.15) is 13.3 Å². The summed E-state index contributed by atoms with van der Waals surface area (Å²) in [5.74, 6) is 1.13. The second-order valence-electron chi connectivity index (χ2n) is 3.82. The molecule has 72 valence electrons. The molecular formula is C9H20N2O. The molecule has 0 spiro atoms. The number of rotatable bonds is 4. The Hall–Kier alpha value is -0.120. The van der Waals surface area contributed by atoms with E-state index >= 15 is 0 Å². The standard InChI is InChI=1S/C9H20N2O/c1-8-5-11(4-2-3-10)6-9(8)7-12/h8-9,12H,2-7,10H2,1H3. The lowest BCUT2D eigenvalue weighted by Crippen LogP contribution is -2.24. The van der Waals surface area contributed by atoms with Gasteiger partial charge in [-0.05, 0) is 31.3 Å². The first-order chi connectivity index (χ1) is 5.77. The van der Waals surface area contributed by atoms with Crippen LogP contribution in [0.4, 0.5) is 0 Å². The predicted molar refractivity (Wildman–Crippen MR) is 49.9 cm³/mol.